The molecule has 1 aliphatic rings. The molecule has 0 saturated heterocycles. The van der Waals surface area contributed by atoms with E-state index in [0.29, 0.717) is 5.69 Å². The van der Waals surface area contributed by atoms with Crippen molar-refractivity contribution in [3.8, 4) is 0 Å². The van der Waals surface area contributed by atoms with Crippen LogP contribution in [0.25, 0.3) is 0 Å². The summed E-state index contributed by atoms with van der Waals surface area (Å²) in [4.78, 5) is 21.2. The molecule has 2 atom stereocenters. The summed E-state index contributed by atoms with van der Waals surface area (Å²) >= 11 is 0. The fraction of sp³-hybridized carbons (Fsp3) is 0.462. The second kappa shape index (κ2) is 5.87. The molecule has 20 heavy (non-hydrogen) atoms. The first-order valence-corrected chi connectivity index (χ1v) is 6.32. The number of hydrogen-bond donors (Lipinski definition) is 2. The van der Waals surface area contributed by atoms with Crippen molar-refractivity contribution in [2.75, 3.05) is 12.4 Å². The number of nitrogens with zero attached hydrogens (tertiary/aromatic N) is 1. The number of benzene rings is 1. The van der Waals surface area contributed by atoms with Gasteiger partial charge in [-0.05, 0) is 31.4 Å². The number of nitro groups is 1. The Morgan fingerprint density at radius 1 is 1.50 bits per heavy atom. The van der Waals surface area contributed by atoms with Crippen LogP contribution in [0, 0.1) is 10.1 Å². The van der Waals surface area contributed by atoms with E-state index in [1.165, 1.54) is 12.1 Å². The maximum absolute atomic E-state index is 10.9. The molecular weight excluding hydrogens is 264 g/mol. The maximum Gasteiger partial charge on any atom is 0.342 e. The number of carboxylic acid groups (broad SMARTS) is 1. The van der Waals surface area contributed by atoms with Gasteiger partial charge in [-0.1, -0.05) is 0 Å². The average Bonchev–Trinajstić information content (AvgIpc) is 2.86. The van der Waals surface area contributed by atoms with Crippen molar-refractivity contribution in [3.05, 3.63) is 33.9 Å². The van der Waals surface area contributed by atoms with Crippen LogP contribution < -0.4 is 5.32 Å². The molecule has 0 spiro atoms. The van der Waals surface area contributed by atoms with Gasteiger partial charge in [-0.25, -0.2) is 4.79 Å². The van der Waals surface area contributed by atoms with Crippen molar-refractivity contribution in [1.82, 2.24) is 0 Å². The highest BCUT2D eigenvalue weighted by Gasteiger charge is 2.25. The fourth-order valence-corrected chi connectivity index (χ4v) is 2.47. The highest BCUT2D eigenvalue weighted by Crippen LogP contribution is 2.28. The standard InChI is InChI=1S/C13H16N2O5/c1-20-10-4-2-8(6-10)14-9-3-5-11(13(16)17)12(7-9)15(18)19/h3,5,7-8,10,14H,2,4,6H2,1H3,(H,16,17). The van der Waals surface area contributed by atoms with E-state index in [9.17, 15) is 14.9 Å². The van der Waals surface area contributed by atoms with Crippen molar-refractivity contribution in [2.45, 2.75) is 31.4 Å². The van der Waals surface area contributed by atoms with E-state index in [1.54, 1.807) is 13.2 Å². The monoisotopic (exact) mass is 280 g/mol. The normalized spacial score (nSPS) is 21.6. The molecule has 1 aromatic rings. The van der Waals surface area contributed by atoms with Crippen LogP contribution in [0.3, 0.4) is 0 Å². The number of hydrogen-bond acceptors (Lipinski definition) is 5. The Labute approximate surface area is 115 Å². The molecule has 0 bridgehead atoms. The van der Waals surface area contributed by atoms with Gasteiger partial charge < -0.3 is 15.2 Å². The Hall–Kier alpha value is -2.15. The van der Waals surface area contributed by atoms with Crippen LogP contribution in [0.2, 0.25) is 0 Å². The highest BCUT2D eigenvalue weighted by atomic mass is 16.6. The lowest BCUT2D eigenvalue weighted by Crippen LogP contribution is -2.17. The number of nitro benzene ring substituents is 1. The van der Waals surface area contributed by atoms with Gasteiger partial charge in [0.2, 0.25) is 0 Å². The highest BCUT2D eigenvalue weighted by molar-refractivity contribution is 5.93. The van der Waals surface area contributed by atoms with E-state index in [4.69, 9.17) is 9.84 Å². The second-order valence-electron chi connectivity index (χ2n) is 4.81. The van der Waals surface area contributed by atoms with Crippen molar-refractivity contribution >= 4 is 17.3 Å². The fourth-order valence-electron chi connectivity index (χ4n) is 2.47. The number of anilines is 1. The van der Waals surface area contributed by atoms with Gasteiger partial charge in [0, 0.05) is 24.9 Å². The maximum atomic E-state index is 10.9. The Balaban J connectivity index is 2.15. The third kappa shape index (κ3) is 3.05. The molecule has 0 amide bonds. The first kappa shape index (κ1) is 14.3. The molecule has 1 aliphatic carbocycles. The first-order chi connectivity index (χ1) is 9.51. The van der Waals surface area contributed by atoms with Crippen molar-refractivity contribution < 1.29 is 19.6 Å². The Bertz CT molecular complexity index is 531. The number of methoxy groups -OCH3 is 1. The molecule has 7 heteroatoms. The minimum absolute atomic E-state index is 0.190. The minimum Gasteiger partial charge on any atom is -0.477 e. The van der Waals surface area contributed by atoms with Gasteiger partial charge in [0.15, 0.2) is 0 Å². The molecule has 0 aromatic heterocycles. The lowest BCUT2D eigenvalue weighted by atomic mass is 10.1. The molecule has 1 saturated carbocycles. The molecule has 0 heterocycles. The van der Waals surface area contributed by atoms with Crippen molar-refractivity contribution in [3.63, 3.8) is 0 Å². The predicted octanol–water partition coefficient (Wildman–Crippen LogP) is 2.27. The number of rotatable bonds is 5. The van der Waals surface area contributed by atoms with Crippen LogP contribution in [-0.2, 0) is 4.74 Å². The van der Waals surface area contributed by atoms with E-state index in [0.717, 1.165) is 19.3 Å². The Morgan fingerprint density at radius 2 is 2.25 bits per heavy atom. The molecule has 7 nitrogen and oxygen atoms in total. The summed E-state index contributed by atoms with van der Waals surface area (Å²) in [7, 11) is 1.67. The van der Waals surface area contributed by atoms with Crippen LogP contribution in [0.4, 0.5) is 11.4 Å². The SMILES string of the molecule is COC1CCC(Nc2ccc(C(=O)O)c([N+](=O)[O-])c2)C1. The minimum atomic E-state index is -1.30. The summed E-state index contributed by atoms with van der Waals surface area (Å²) in [6.07, 6.45) is 2.92. The Morgan fingerprint density at radius 3 is 2.80 bits per heavy atom. The summed E-state index contributed by atoms with van der Waals surface area (Å²) in [6, 6.07) is 4.27. The summed E-state index contributed by atoms with van der Waals surface area (Å²) in [5, 5.41) is 23.0. The van der Waals surface area contributed by atoms with Gasteiger partial charge in [0.05, 0.1) is 11.0 Å². The number of aromatic carboxylic acids is 1. The zero-order chi connectivity index (χ0) is 14.7. The van der Waals surface area contributed by atoms with Crippen LogP contribution in [0.5, 0.6) is 0 Å². The van der Waals surface area contributed by atoms with Gasteiger partial charge in [0.25, 0.3) is 5.69 Å². The quantitative estimate of drug-likeness (QED) is 0.633. The van der Waals surface area contributed by atoms with Gasteiger partial charge >= 0.3 is 5.97 Å². The van der Waals surface area contributed by atoms with Gasteiger partial charge in [-0.15, -0.1) is 0 Å². The number of nitrogens with one attached hydrogen (secondary N) is 1. The lowest BCUT2D eigenvalue weighted by molar-refractivity contribution is -0.385. The zero-order valence-corrected chi connectivity index (χ0v) is 11.0. The molecule has 108 valence electrons. The third-order valence-electron chi connectivity index (χ3n) is 3.51. The molecular formula is C13H16N2O5. The molecule has 2 unspecified atom stereocenters. The molecule has 2 N–H and O–H groups in total. The predicted molar refractivity (Wildman–Crippen MR) is 72.1 cm³/mol. The van der Waals surface area contributed by atoms with E-state index >= 15 is 0 Å². The topological polar surface area (TPSA) is 102 Å². The van der Waals surface area contributed by atoms with Crippen molar-refractivity contribution in [2.24, 2.45) is 0 Å². The van der Waals surface area contributed by atoms with Crippen LogP contribution in [-0.4, -0.2) is 35.3 Å². The van der Waals surface area contributed by atoms with Gasteiger partial charge in [0.1, 0.15) is 5.56 Å². The van der Waals surface area contributed by atoms with Crippen LogP contribution >= 0.6 is 0 Å². The zero-order valence-electron chi connectivity index (χ0n) is 11.0. The summed E-state index contributed by atoms with van der Waals surface area (Å²) in [6.45, 7) is 0. The number of carbonyl (C=O) groups is 1. The molecule has 1 aromatic carbocycles. The molecule has 2 rings (SSSR count). The van der Waals surface area contributed by atoms with Crippen molar-refractivity contribution in [1.29, 1.82) is 0 Å². The average molecular weight is 280 g/mol. The summed E-state index contributed by atoms with van der Waals surface area (Å²) in [5.41, 5.74) is -0.144. The lowest BCUT2D eigenvalue weighted by Gasteiger charge is -2.14. The second-order valence-corrected chi connectivity index (χ2v) is 4.81. The van der Waals surface area contributed by atoms with E-state index in [2.05, 4.69) is 5.32 Å². The molecule has 1 fully saturated rings. The number of carboxylic acids is 1. The van der Waals surface area contributed by atoms with E-state index in [1.807, 2.05) is 0 Å². The summed E-state index contributed by atoms with van der Waals surface area (Å²) < 4.78 is 5.27. The smallest absolute Gasteiger partial charge is 0.342 e. The largest absolute Gasteiger partial charge is 0.477 e. The van der Waals surface area contributed by atoms with E-state index < -0.39 is 16.6 Å². The first-order valence-electron chi connectivity index (χ1n) is 6.32. The van der Waals surface area contributed by atoms with Crippen LogP contribution in [0.1, 0.15) is 29.6 Å². The molecule has 0 radical (unpaired) electrons. The van der Waals surface area contributed by atoms with E-state index in [-0.39, 0.29) is 17.7 Å². The summed E-state index contributed by atoms with van der Waals surface area (Å²) in [5.74, 6) is -1.30. The Kier molecular flexibility index (Phi) is 4.19. The third-order valence-corrected chi connectivity index (χ3v) is 3.51. The van der Waals surface area contributed by atoms with Gasteiger partial charge in [-0.2, -0.15) is 0 Å². The molecule has 0 aliphatic heterocycles. The number of ether oxygens (including phenoxy) is 1. The van der Waals surface area contributed by atoms with Crippen LogP contribution in [0.15, 0.2) is 18.2 Å². The van der Waals surface area contributed by atoms with Gasteiger partial charge in [-0.3, -0.25) is 10.1 Å².